The van der Waals surface area contributed by atoms with Crippen molar-refractivity contribution in [3.8, 4) is 5.75 Å². The van der Waals surface area contributed by atoms with E-state index in [0.717, 1.165) is 38.8 Å². The molecule has 0 spiro atoms. The van der Waals surface area contributed by atoms with Gasteiger partial charge in [0.25, 0.3) is 0 Å². The van der Waals surface area contributed by atoms with Gasteiger partial charge in [0.1, 0.15) is 11.3 Å². The van der Waals surface area contributed by atoms with Crippen LogP contribution in [0, 0.1) is 11.7 Å². The fourth-order valence-corrected chi connectivity index (χ4v) is 4.09. The highest BCUT2D eigenvalue weighted by Crippen LogP contribution is 2.44. The molecule has 6 nitrogen and oxygen atoms in total. The molecule has 7 heteroatoms. The van der Waals surface area contributed by atoms with Gasteiger partial charge in [-0.15, -0.1) is 0 Å². The van der Waals surface area contributed by atoms with Crippen LogP contribution in [0.5, 0.6) is 5.75 Å². The van der Waals surface area contributed by atoms with Crippen molar-refractivity contribution in [3.05, 3.63) is 33.9 Å². The van der Waals surface area contributed by atoms with Gasteiger partial charge in [0.05, 0.1) is 18.0 Å². The van der Waals surface area contributed by atoms with Crippen LogP contribution < -0.4 is 15.1 Å². The lowest BCUT2D eigenvalue weighted by atomic mass is 10.1. The Balaban J connectivity index is 2.01. The highest BCUT2D eigenvalue weighted by molar-refractivity contribution is 5.97. The zero-order valence-electron chi connectivity index (χ0n) is 15.5. The van der Waals surface area contributed by atoms with E-state index < -0.39 is 17.2 Å². The first-order valence-corrected chi connectivity index (χ1v) is 9.39. The molecular formula is C20H23FN2O4. The summed E-state index contributed by atoms with van der Waals surface area (Å²) in [7, 11) is 1.47. The highest BCUT2D eigenvalue weighted by Gasteiger charge is 2.32. The number of aromatic nitrogens is 1. The molecule has 0 amide bonds. The second-order valence-electron chi connectivity index (χ2n) is 7.46. The lowest BCUT2D eigenvalue weighted by Crippen LogP contribution is -2.24. The zero-order valence-corrected chi connectivity index (χ0v) is 15.5. The first-order valence-electron chi connectivity index (χ1n) is 9.39. The predicted octanol–water partition coefficient (Wildman–Crippen LogP) is 3.42. The molecule has 144 valence electrons. The number of carbonyl (C=O) groups is 1. The summed E-state index contributed by atoms with van der Waals surface area (Å²) in [6, 6.07) is 1.29. The summed E-state index contributed by atoms with van der Waals surface area (Å²) in [6.07, 6.45) is 5.20. The van der Waals surface area contributed by atoms with E-state index in [1.54, 1.807) is 4.57 Å². The number of pyridine rings is 1. The minimum atomic E-state index is -1.30. The van der Waals surface area contributed by atoms with Gasteiger partial charge >= 0.3 is 5.97 Å². The molecule has 0 unspecified atom stereocenters. The predicted molar refractivity (Wildman–Crippen MR) is 101 cm³/mol. The molecule has 4 rings (SSSR count). The van der Waals surface area contributed by atoms with Gasteiger partial charge in [-0.1, -0.05) is 13.3 Å². The van der Waals surface area contributed by atoms with Crippen LogP contribution in [-0.4, -0.2) is 35.8 Å². The van der Waals surface area contributed by atoms with Crippen LogP contribution in [0.15, 0.2) is 17.1 Å². The molecular weight excluding hydrogens is 351 g/mol. The summed E-state index contributed by atoms with van der Waals surface area (Å²) in [5.74, 6) is -1.02. The molecule has 1 saturated heterocycles. The van der Waals surface area contributed by atoms with Crippen LogP contribution in [-0.2, 0) is 0 Å². The first-order chi connectivity index (χ1) is 13.0. The maximum Gasteiger partial charge on any atom is 0.341 e. The SMILES string of the molecule is CC[C@@H]1CCN(c2c(F)cc3c(=O)c(C(=O)O)cn(C4CC4)c3c2OC)C1. The molecule has 1 aliphatic heterocycles. The Morgan fingerprint density at radius 3 is 2.67 bits per heavy atom. The lowest BCUT2D eigenvalue weighted by Gasteiger charge is -2.24. The average molecular weight is 374 g/mol. The van der Waals surface area contributed by atoms with Gasteiger partial charge in [-0.3, -0.25) is 4.79 Å². The number of ether oxygens (including phenoxy) is 1. The summed E-state index contributed by atoms with van der Waals surface area (Å²) in [4.78, 5) is 26.2. The number of hydrogen-bond donors (Lipinski definition) is 1. The van der Waals surface area contributed by atoms with Crippen LogP contribution in [0.25, 0.3) is 10.9 Å². The van der Waals surface area contributed by atoms with Gasteiger partial charge in [0, 0.05) is 25.3 Å². The van der Waals surface area contributed by atoms with Gasteiger partial charge in [0.15, 0.2) is 11.6 Å². The second kappa shape index (κ2) is 6.55. The summed E-state index contributed by atoms with van der Waals surface area (Å²) >= 11 is 0. The fraction of sp³-hybridized carbons (Fsp3) is 0.500. The number of fused-ring (bicyclic) bond motifs is 1. The number of hydrogen-bond acceptors (Lipinski definition) is 4. The molecule has 27 heavy (non-hydrogen) atoms. The third-order valence-corrected chi connectivity index (χ3v) is 5.75. The third-order valence-electron chi connectivity index (χ3n) is 5.75. The molecule has 2 aliphatic rings. The molecule has 1 saturated carbocycles. The zero-order chi connectivity index (χ0) is 19.3. The Morgan fingerprint density at radius 1 is 1.37 bits per heavy atom. The second-order valence-corrected chi connectivity index (χ2v) is 7.46. The van der Waals surface area contributed by atoms with Crippen LogP contribution >= 0.6 is 0 Å². The number of methoxy groups -OCH3 is 1. The lowest BCUT2D eigenvalue weighted by molar-refractivity contribution is 0.0695. The number of carboxylic acids is 1. The number of carboxylic acid groups (broad SMARTS) is 1. The molecule has 2 aromatic rings. The molecule has 2 heterocycles. The summed E-state index contributed by atoms with van der Waals surface area (Å²) in [6.45, 7) is 3.61. The summed E-state index contributed by atoms with van der Waals surface area (Å²) in [5, 5.41) is 9.45. The van der Waals surface area contributed by atoms with Gasteiger partial charge in [0.2, 0.25) is 5.43 Å². The van der Waals surface area contributed by atoms with Gasteiger partial charge in [-0.25, -0.2) is 9.18 Å². The van der Waals surface area contributed by atoms with Gasteiger partial charge < -0.3 is 19.3 Å². The smallest absolute Gasteiger partial charge is 0.341 e. The Bertz CT molecular complexity index is 980. The Morgan fingerprint density at radius 2 is 2.11 bits per heavy atom. The molecule has 1 aliphatic carbocycles. The molecule has 0 bridgehead atoms. The van der Waals surface area contributed by atoms with Crippen LogP contribution in [0.2, 0.25) is 0 Å². The van der Waals surface area contributed by atoms with E-state index in [2.05, 4.69) is 6.92 Å². The Kier molecular flexibility index (Phi) is 4.32. The maximum absolute atomic E-state index is 15.1. The van der Waals surface area contributed by atoms with Crippen molar-refractivity contribution in [2.24, 2.45) is 5.92 Å². The molecule has 1 aromatic heterocycles. The fourth-order valence-electron chi connectivity index (χ4n) is 4.09. The van der Waals surface area contributed by atoms with Crippen molar-refractivity contribution < 1.29 is 19.0 Å². The Hall–Kier alpha value is -2.57. The standard InChI is InChI=1S/C20H23FN2O4/c1-3-11-6-7-22(9-11)17-15(21)8-13-16(19(17)27-2)23(12-4-5-12)10-14(18(13)24)20(25)26/h8,10-12H,3-7,9H2,1-2H3,(H,25,26)/t11-/m1/s1. The van der Waals surface area contributed by atoms with Gasteiger partial charge in [-0.05, 0) is 31.2 Å². The number of benzene rings is 1. The van der Waals surface area contributed by atoms with E-state index in [4.69, 9.17) is 4.74 Å². The van der Waals surface area contributed by atoms with E-state index >= 15 is 4.39 Å². The van der Waals surface area contributed by atoms with Crippen molar-refractivity contribution in [2.75, 3.05) is 25.1 Å². The Labute approximate surface area is 156 Å². The van der Waals surface area contributed by atoms with Crippen molar-refractivity contribution in [1.82, 2.24) is 4.57 Å². The van der Waals surface area contributed by atoms with Crippen LogP contribution in [0.4, 0.5) is 10.1 Å². The third kappa shape index (κ3) is 2.85. The van der Waals surface area contributed by atoms with E-state index in [1.165, 1.54) is 19.4 Å². The van der Waals surface area contributed by atoms with E-state index in [-0.39, 0.29) is 17.0 Å². The monoisotopic (exact) mass is 374 g/mol. The maximum atomic E-state index is 15.1. The van der Waals surface area contributed by atoms with Crippen LogP contribution in [0.1, 0.15) is 49.0 Å². The number of anilines is 1. The molecule has 2 fully saturated rings. The minimum absolute atomic E-state index is 0.0612. The number of rotatable bonds is 5. The molecule has 1 atom stereocenters. The van der Waals surface area contributed by atoms with E-state index in [0.29, 0.717) is 22.9 Å². The number of halogens is 1. The topological polar surface area (TPSA) is 71.8 Å². The first kappa shape index (κ1) is 17.8. The van der Waals surface area contributed by atoms with Crippen molar-refractivity contribution in [1.29, 1.82) is 0 Å². The van der Waals surface area contributed by atoms with E-state index in [1.807, 2.05) is 4.90 Å². The van der Waals surface area contributed by atoms with Gasteiger partial charge in [-0.2, -0.15) is 0 Å². The van der Waals surface area contributed by atoms with Crippen LogP contribution in [0.3, 0.4) is 0 Å². The average Bonchev–Trinajstić information content (AvgIpc) is 3.38. The molecule has 1 aromatic carbocycles. The van der Waals surface area contributed by atoms with Crippen molar-refractivity contribution >= 4 is 22.6 Å². The number of nitrogens with zero attached hydrogens (tertiary/aromatic N) is 2. The van der Waals surface area contributed by atoms with Crippen molar-refractivity contribution in [3.63, 3.8) is 0 Å². The quantitative estimate of drug-likeness (QED) is 0.868. The molecule has 1 N–H and O–H groups in total. The largest absolute Gasteiger partial charge is 0.492 e. The highest BCUT2D eigenvalue weighted by atomic mass is 19.1. The normalized spacial score (nSPS) is 19.7. The molecule has 0 radical (unpaired) electrons. The summed E-state index contributed by atoms with van der Waals surface area (Å²) < 4.78 is 22.5. The van der Waals surface area contributed by atoms with E-state index in [9.17, 15) is 14.7 Å². The number of aromatic carboxylic acids is 1. The van der Waals surface area contributed by atoms with Crippen molar-refractivity contribution in [2.45, 2.75) is 38.6 Å². The summed E-state index contributed by atoms with van der Waals surface area (Å²) in [5.41, 5.74) is -0.147. The minimum Gasteiger partial charge on any atom is -0.492 e.